The van der Waals surface area contributed by atoms with Gasteiger partial charge in [-0.1, -0.05) is 32.4 Å². The molecule has 1 aromatic rings. The fraction of sp³-hybridized carbons (Fsp3) is 0.647. The lowest BCUT2D eigenvalue weighted by Gasteiger charge is -2.22. The van der Waals surface area contributed by atoms with Crippen LogP contribution in [-0.2, 0) is 0 Å². The summed E-state index contributed by atoms with van der Waals surface area (Å²) in [6, 6.07) is 5.51. The van der Waals surface area contributed by atoms with Gasteiger partial charge in [0, 0.05) is 0 Å². The van der Waals surface area contributed by atoms with Gasteiger partial charge in [-0.05, 0) is 55.3 Å². The molecular formula is C17H26FNO. The van der Waals surface area contributed by atoms with E-state index < -0.39 is 0 Å². The number of benzene rings is 1. The topological polar surface area (TPSA) is 21.3 Å². The number of halogens is 1. The zero-order chi connectivity index (χ0) is 14.5. The molecule has 1 aliphatic carbocycles. The molecule has 1 N–H and O–H groups in total. The van der Waals surface area contributed by atoms with Crippen molar-refractivity contribution in [1.82, 2.24) is 5.32 Å². The average Bonchev–Trinajstić information content (AvgIpc) is 2.87. The average molecular weight is 279 g/mol. The molecule has 0 heterocycles. The number of rotatable bonds is 6. The first-order valence-corrected chi connectivity index (χ1v) is 7.66. The minimum atomic E-state index is -0.171. The molecule has 1 saturated carbocycles. The van der Waals surface area contributed by atoms with E-state index >= 15 is 0 Å². The maximum absolute atomic E-state index is 14.4. The Hall–Kier alpha value is -1.09. The molecule has 1 aromatic carbocycles. The molecule has 0 aliphatic heterocycles. The van der Waals surface area contributed by atoms with Crippen LogP contribution in [0.2, 0.25) is 0 Å². The van der Waals surface area contributed by atoms with Crippen LogP contribution in [0.1, 0.15) is 44.6 Å². The fourth-order valence-electron chi connectivity index (χ4n) is 3.22. The van der Waals surface area contributed by atoms with E-state index in [-0.39, 0.29) is 5.82 Å². The highest BCUT2D eigenvalue weighted by Crippen LogP contribution is 2.41. The van der Waals surface area contributed by atoms with E-state index in [1.807, 2.05) is 12.1 Å². The van der Waals surface area contributed by atoms with Gasteiger partial charge in [0.05, 0.1) is 7.11 Å². The molecule has 0 bridgehead atoms. The second-order valence-electron chi connectivity index (χ2n) is 6.21. The number of ether oxygens (including phenoxy) is 1. The normalized spacial score (nSPS) is 22.4. The van der Waals surface area contributed by atoms with E-state index in [1.165, 1.54) is 20.0 Å². The molecule has 0 saturated heterocycles. The molecule has 1 aliphatic rings. The molecule has 1 fully saturated rings. The lowest BCUT2D eigenvalue weighted by Crippen LogP contribution is -2.28. The van der Waals surface area contributed by atoms with Gasteiger partial charge in [0.15, 0.2) is 11.6 Å². The van der Waals surface area contributed by atoms with Crippen LogP contribution in [0.5, 0.6) is 5.75 Å². The van der Waals surface area contributed by atoms with Gasteiger partial charge in [-0.15, -0.1) is 0 Å². The standard InChI is InChI=1S/C17H26FNO/c1-12(2)10-19-11-13-6-4-7-14(13)15-8-5-9-16(20-3)17(15)18/h5,8-9,12-14,19H,4,6-7,10-11H2,1-3H3. The van der Waals surface area contributed by atoms with Crippen LogP contribution < -0.4 is 10.1 Å². The SMILES string of the molecule is COc1cccc(C2CCCC2CNCC(C)C)c1F. The maximum Gasteiger partial charge on any atom is 0.168 e. The van der Waals surface area contributed by atoms with E-state index in [0.29, 0.717) is 23.5 Å². The summed E-state index contributed by atoms with van der Waals surface area (Å²) in [6.45, 7) is 6.44. The van der Waals surface area contributed by atoms with Crippen molar-refractivity contribution < 1.29 is 9.13 Å². The third-order valence-corrected chi connectivity index (χ3v) is 4.23. The molecule has 0 radical (unpaired) electrons. The number of methoxy groups -OCH3 is 1. The van der Waals surface area contributed by atoms with Crippen LogP contribution in [-0.4, -0.2) is 20.2 Å². The van der Waals surface area contributed by atoms with Crippen LogP contribution >= 0.6 is 0 Å². The van der Waals surface area contributed by atoms with Gasteiger partial charge in [0.1, 0.15) is 0 Å². The summed E-state index contributed by atoms with van der Waals surface area (Å²) >= 11 is 0. The van der Waals surface area contributed by atoms with Crippen molar-refractivity contribution in [3.05, 3.63) is 29.6 Å². The Bertz CT molecular complexity index is 433. The Kier molecular flexibility index (Phi) is 5.41. The van der Waals surface area contributed by atoms with Crippen LogP contribution in [0.15, 0.2) is 18.2 Å². The van der Waals surface area contributed by atoms with Crippen molar-refractivity contribution in [3.8, 4) is 5.75 Å². The third-order valence-electron chi connectivity index (χ3n) is 4.23. The van der Waals surface area contributed by atoms with E-state index in [2.05, 4.69) is 19.2 Å². The summed E-state index contributed by atoms with van der Waals surface area (Å²) < 4.78 is 19.5. The first-order chi connectivity index (χ1) is 9.63. The van der Waals surface area contributed by atoms with Crippen LogP contribution in [0.4, 0.5) is 4.39 Å². The lowest BCUT2D eigenvalue weighted by molar-refractivity contribution is 0.374. The summed E-state index contributed by atoms with van der Waals surface area (Å²) in [6.07, 6.45) is 3.46. The molecule has 0 amide bonds. The molecule has 2 nitrogen and oxygen atoms in total. The van der Waals surface area contributed by atoms with Gasteiger partial charge < -0.3 is 10.1 Å². The molecule has 112 valence electrons. The van der Waals surface area contributed by atoms with Gasteiger partial charge in [0.25, 0.3) is 0 Å². The monoisotopic (exact) mass is 279 g/mol. The second kappa shape index (κ2) is 7.07. The molecule has 20 heavy (non-hydrogen) atoms. The summed E-state index contributed by atoms with van der Waals surface area (Å²) in [5.74, 6) is 1.71. The van der Waals surface area contributed by atoms with E-state index in [4.69, 9.17) is 4.74 Å². The quantitative estimate of drug-likeness (QED) is 0.851. The predicted molar refractivity (Wildman–Crippen MR) is 80.7 cm³/mol. The number of nitrogens with one attached hydrogen (secondary N) is 1. The number of hydrogen-bond acceptors (Lipinski definition) is 2. The fourth-order valence-corrected chi connectivity index (χ4v) is 3.22. The van der Waals surface area contributed by atoms with Gasteiger partial charge >= 0.3 is 0 Å². The van der Waals surface area contributed by atoms with Crippen molar-refractivity contribution in [2.45, 2.75) is 39.0 Å². The minimum Gasteiger partial charge on any atom is -0.494 e. The largest absolute Gasteiger partial charge is 0.494 e. The first-order valence-electron chi connectivity index (χ1n) is 7.66. The Morgan fingerprint density at radius 2 is 2.15 bits per heavy atom. The molecule has 3 heteroatoms. The van der Waals surface area contributed by atoms with E-state index in [0.717, 1.165) is 25.1 Å². The van der Waals surface area contributed by atoms with Gasteiger partial charge in [-0.3, -0.25) is 0 Å². The van der Waals surface area contributed by atoms with Crippen molar-refractivity contribution >= 4 is 0 Å². The zero-order valence-electron chi connectivity index (χ0n) is 12.8. The third kappa shape index (κ3) is 3.51. The van der Waals surface area contributed by atoms with Gasteiger partial charge in [-0.2, -0.15) is 0 Å². The molecule has 2 unspecified atom stereocenters. The van der Waals surface area contributed by atoms with Crippen LogP contribution in [0, 0.1) is 17.7 Å². The Labute approximate surface area is 121 Å². The van der Waals surface area contributed by atoms with Crippen LogP contribution in [0.25, 0.3) is 0 Å². The van der Waals surface area contributed by atoms with Crippen molar-refractivity contribution in [1.29, 1.82) is 0 Å². The van der Waals surface area contributed by atoms with E-state index in [1.54, 1.807) is 6.07 Å². The second-order valence-corrected chi connectivity index (χ2v) is 6.21. The smallest absolute Gasteiger partial charge is 0.168 e. The van der Waals surface area contributed by atoms with Crippen molar-refractivity contribution in [3.63, 3.8) is 0 Å². The minimum absolute atomic E-state index is 0.171. The molecular weight excluding hydrogens is 253 g/mol. The van der Waals surface area contributed by atoms with E-state index in [9.17, 15) is 4.39 Å². The van der Waals surface area contributed by atoms with Gasteiger partial charge in [0.2, 0.25) is 0 Å². The van der Waals surface area contributed by atoms with Gasteiger partial charge in [-0.25, -0.2) is 4.39 Å². The highest BCUT2D eigenvalue weighted by Gasteiger charge is 2.30. The predicted octanol–water partition coefficient (Wildman–Crippen LogP) is 3.96. The summed E-state index contributed by atoms with van der Waals surface area (Å²) in [4.78, 5) is 0. The Morgan fingerprint density at radius 3 is 2.85 bits per heavy atom. The first kappa shape index (κ1) is 15.3. The summed E-state index contributed by atoms with van der Waals surface area (Å²) in [5.41, 5.74) is 0.832. The van der Waals surface area contributed by atoms with Crippen molar-refractivity contribution in [2.24, 2.45) is 11.8 Å². The molecule has 0 spiro atoms. The maximum atomic E-state index is 14.4. The van der Waals surface area contributed by atoms with Crippen molar-refractivity contribution in [2.75, 3.05) is 20.2 Å². The summed E-state index contributed by atoms with van der Waals surface area (Å²) in [5, 5.41) is 3.52. The highest BCUT2D eigenvalue weighted by atomic mass is 19.1. The molecule has 2 rings (SSSR count). The highest BCUT2D eigenvalue weighted by molar-refractivity contribution is 5.34. The Morgan fingerprint density at radius 1 is 1.35 bits per heavy atom. The molecule has 0 aromatic heterocycles. The molecule has 2 atom stereocenters. The lowest BCUT2D eigenvalue weighted by atomic mass is 9.88. The summed E-state index contributed by atoms with van der Waals surface area (Å²) in [7, 11) is 1.53. The number of hydrogen-bond donors (Lipinski definition) is 1. The van der Waals surface area contributed by atoms with Crippen LogP contribution in [0.3, 0.4) is 0 Å². The zero-order valence-corrected chi connectivity index (χ0v) is 12.8. The Balaban J connectivity index is 2.07.